The molecule has 0 saturated carbocycles. The third-order valence-electron chi connectivity index (χ3n) is 2.69. The van der Waals surface area contributed by atoms with E-state index in [2.05, 4.69) is 30.6 Å². The van der Waals surface area contributed by atoms with Crippen LogP contribution in [-0.2, 0) is 13.0 Å². The molecule has 18 heavy (non-hydrogen) atoms. The third-order valence-corrected chi connectivity index (χ3v) is 4.59. The fourth-order valence-electron chi connectivity index (χ4n) is 1.76. The van der Waals surface area contributed by atoms with Gasteiger partial charge in [0.05, 0.1) is 28.0 Å². The topological polar surface area (TPSA) is 60.7 Å². The van der Waals surface area contributed by atoms with Crippen LogP contribution in [0.5, 0.6) is 0 Å². The minimum absolute atomic E-state index is 0.0396. The molecule has 2 rings (SSSR count). The Morgan fingerprint density at radius 2 is 2.11 bits per heavy atom. The van der Waals surface area contributed by atoms with E-state index in [4.69, 9.17) is 0 Å². The first-order valence-electron chi connectivity index (χ1n) is 5.58. The Bertz CT molecular complexity index is 590. The van der Waals surface area contributed by atoms with Crippen LogP contribution in [0, 0.1) is 13.8 Å². The molecule has 0 aliphatic carbocycles. The van der Waals surface area contributed by atoms with E-state index in [0.717, 1.165) is 33.9 Å². The van der Waals surface area contributed by atoms with Crippen molar-refractivity contribution in [1.29, 1.82) is 0 Å². The highest BCUT2D eigenvalue weighted by Gasteiger charge is 2.19. The van der Waals surface area contributed by atoms with Gasteiger partial charge in [0.2, 0.25) is 0 Å². The average molecular weight is 329 g/mol. The highest BCUT2D eigenvalue weighted by Crippen LogP contribution is 2.23. The number of halogens is 1. The molecule has 0 bridgehead atoms. The lowest BCUT2D eigenvalue weighted by Gasteiger charge is -2.04. The van der Waals surface area contributed by atoms with E-state index in [9.17, 15) is 4.79 Å². The van der Waals surface area contributed by atoms with E-state index in [0.29, 0.717) is 17.0 Å². The Morgan fingerprint density at radius 3 is 2.67 bits per heavy atom. The number of aryl methyl sites for hydroxylation is 3. The van der Waals surface area contributed by atoms with E-state index in [1.807, 2.05) is 18.5 Å². The molecule has 2 aromatic rings. The highest BCUT2D eigenvalue weighted by molar-refractivity contribution is 9.10. The molecule has 0 unspecified atom stereocenters. The first kappa shape index (κ1) is 13.4. The number of rotatable bonds is 4. The Hall–Kier alpha value is -1.08. The van der Waals surface area contributed by atoms with Crippen molar-refractivity contribution in [3.63, 3.8) is 0 Å². The van der Waals surface area contributed by atoms with Gasteiger partial charge in [-0.05, 0) is 48.2 Å². The first-order chi connectivity index (χ1) is 8.54. The molecule has 0 atom stereocenters. The summed E-state index contributed by atoms with van der Waals surface area (Å²) >= 11 is 4.64. The molecule has 96 valence electrons. The van der Waals surface area contributed by atoms with Crippen LogP contribution >= 0.6 is 27.5 Å². The maximum absolute atomic E-state index is 12.2. The van der Waals surface area contributed by atoms with Gasteiger partial charge in [0.15, 0.2) is 5.78 Å². The van der Waals surface area contributed by atoms with E-state index >= 15 is 0 Å². The zero-order valence-corrected chi connectivity index (χ0v) is 12.8. The van der Waals surface area contributed by atoms with Gasteiger partial charge in [-0.15, -0.1) is 5.10 Å². The zero-order chi connectivity index (χ0) is 13.3. The number of nitrogens with zero attached hydrogens (tertiary/aromatic N) is 4. The summed E-state index contributed by atoms with van der Waals surface area (Å²) in [6.07, 6.45) is 0.319. The molecule has 2 heterocycles. The van der Waals surface area contributed by atoms with Crippen molar-refractivity contribution in [2.75, 3.05) is 0 Å². The second-order valence-corrected chi connectivity index (χ2v) is 5.50. The van der Waals surface area contributed by atoms with Gasteiger partial charge in [-0.1, -0.05) is 4.49 Å². The minimum Gasteiger partial charge on any atom is -0.293 e. The van der Waals surface area contributed by atoms with Gasteiger partial charge in [-0.3, -0.25) is 9.48 Å². The van der Waals surface area contributed by atoms with Gasteiger partial charge in [0.25, 0.3) is 0 Å². The summed E-state index contributed by atoms with van der Waals surface area (Å²) in [7, 11) is 0. The summed E-state index contributed by atoms with van der Waals surface area (Å²) in [5, 5.41) is 8.24. The minimum atomic E-state index is 0.0396. The lowest BCUT2D eigenvalue weighted by atomic mass is 10.1. The summed E-state index contributed by atoms with van der Waals surface area (Å²) in [4.78, 5) is 12.8. The predicted octanol–water partition coefficient (Wildman–Crippen LogP) is 2.56. The maximum Gasteiger partial charge on any atom is 0.182 e. The SMILES string of the molecule is CCn1nc(C)c(Br)c1CC(=O)c1snnc1C. The lowest BCUT2D eigenvalue weighted by Crippen LogP contribution is -2.10. The van der Waals surface area contributed by atoms with Crippen molar-refractivity contribution in [3.05, 3.63) is 26.4 Å². The standard InChI is InChI=1S/C11H13BrN4OS/c1-4-16-8(10(12)6(2)14-16)5-9(17)11-7(3)13-15-18-11/h4-5H2,1-3H3. The monoisotopic (exact) mass is 328 g/mol. The summed E-state index contributed by atoms with van der Waals surface area (Å²) in [6, 6.07) is 0. The van der Waals surface area contributed by atoms with Crippen molar-refractivity contribution in [1.82, 2.24) is 19.4 Å². The van der Waals surface area contributed by atoms with Crippen molar-refractivity contribution in [2.24, 2.45) is 0 Å². The fraction of sp³-hybridized carbons (Fsp3) is 0.455. The molecule has 5 nitrogen and oxygen atoms in total. The van der Waals surface area contributed by atoms with Crippen LogP contribution in [0.1, 0.15) is 33.7 Å². The summed E-state index contributed by atoms with van der Waals surface area (Å²) in [5.74, 6) is 0.0396. The third kappa shape index (κ3) is 2.37. The van der Waals surface area contributed by atoms with Crippen LogP contribution in [0.2, 0.25) is 0 Å². The molecule has 2 aromatic heterocycles. The van der Waals surface area contributed by atoms with Gasteiger partial charge in [-0.25, -0.2) is 0 Å². The molecule has 7 heteroatoms. The predicted molar refractivity (Wildman–Crippen MR) is 73.0 cm³/mol. The lowest BCUT2D eigenvalue weighted by molar-refractivity contribution is 0.0993. The second kappa shape index (κ2) is 5.27. The number of hydrogen-bond donors (Lipinski definition) is 0. The van der Waals surface area contributed by atoms with Crippen LogP contribution in [0.15, 0.2) is 4.47 Å². The fourth-order valence-corrected chi connectivity index (χ4v) is 2.77. The van der Waals surface area contributed by atoms with Crippen molar-refractivity contribution in [2.45, 2.75) is 33.7 Å². The Balaban J connectivity index is 2.30. The molecule has 0 spiro atoms. The zero-order valence-electron chi connectivity index (χ0n) is 10.4. The van der Waals surface area contributed by atoms with E-state index in [1.54, 1.807) is 6.92 Å². The molecular formula is C11H13BrN4OS. The number of aromatic nitrogens is 4. The van der Waals surface area contributed by atoms with Crippen LogP contribution in [0.4, 0.5) is 0 Å². The Morgan fingerprint density at radius 1 is 1.39 bits per heavy atom. The molecule has 0 N–H and O–H groups in total. The molecule has 0 aromatic carbocycles. The van der Waals surface area contributed by atoms with E-state index in [1.165, 1.54) is 0 Å². The first-order valence-corrected chi connectivity index (χ1v) is 7.15. The Kier molecular flexibility index (Phi) is 3.91. The number of Topliss-reactive ketones (excluding diaryl/α,β-unsaturated/α-hetero) is 1. The molecule has 0 aliphatic heterocycles. The number of hydrogen-bond acceptors (Lipinski definition) is 5. The van der Waals surface area contributed by atoms with Crippen LogP contribution < -0.4 is 0 Å². The largest absolute Gasteiger partial charge is 0.293 e. The normalized spacial score (nSPS) is 10.9. The van der Waals surface area contributed by atoms with Gasteiger partial charge >= 0.3 is 0 Å². The molecule has 0 amide bonds. The quantitative estimate of drug-likeness (QED) is 0.809. The number of carbonyl (C=O) groups is 1. The van der Waals surface area contributed by atoms with Gasteiger partial charge in [0, 0.05) is 6.54 Å². The molecule has 0 saturated heterocycles. The van der Waals surface area contributed by atoms with E-state index in [-0.39, 0.29) is 5.78 Å². The van der Waals surface area contributed by atoms with Gasteiger partial charge in [-0.2, -0.15) is 5.10 Å². The van der Waals surface area contributed by atoms with Crippen molar-refractivity contribution >= 4 is 33.2 Å². The highest BCUT2D eigenvalue weighted by atomic mass is 79.9. The average Bonchev–Trinajstić information content (AvgIpc) is 2.87. The van der Waals surface area contributed by atoms with Crippen molar-refractivity contribution in [3.8, 4) is 0 Å². The van der Waals surface area contributed by atoms with Crippen LogP contribution in [0.3, 0.4) is 0 Å². The van der Waals surface area contributed by atoms with E-state index < -0.39 is 0 Å². The maximum atomic E-state index is 12.2. The van der Waals surface area contributed by atoms with Gasteiger partial charge in [0.1, 0.15) is 4.88 Å². The summed E-state index contributed by atoms with van der Waals surface area (Å²) < 4.78 is 6.55. The molecule has 0 fully saturated rings. The second-order valence-electron chi connectivity index (χ2n) is 3.95. The molecule has 0 radical (unpaired) electrons. The smallest absolute Gasteiger partial charge is 0.182 e. The van der Waals surface area contributed by atoms with Crippen LogP contribution in [-0.4, -0.2) is 25.2 Å². The summed E-state index contributed by atoms with van der Waals surface area (Å²) in [5.41, 5.74) is 2.51. The van der Waals surface area contributed by atoms with Crippen LogP contribution in [0.25, 0.3) is 0 Å². The number of carbonyl (C=O) groups excluding carboxylic acids is 1. The molecular weight excluding hydrogens is 316 g/mol. The van der Waals surface area contributed by atoms with Crippen molar-refractivity contribution < 1.29 is 4.79 Å². The van der Waals surface area contributed by atoms with Gasteiger partial charge < -0.3 is 0 Å². The Labute approximate surface area is 118 Å². The molecule has 0 aliphatic rings. The summed E-state index contributed by atoms with van der Waals surface area (Å²) in [6.45, 7) is 6.47. The number of ketones is 1.